The summed E-state index contributed by atoms with van der Waals surface area (Å²) in [4.78, 5) is 29.3. The Bertz CT molecular complexity index is 830. The molecular formula is C24H32N4O2. The van der Waals surface area contributed by atoms with Crippen LogP contribution in [0.3, 0.4) is 0 Å². The summed E-state index contributed by atoms with van der Waals surface area (Å²) in [6.07, 6.45) is 0. The van der Waals surface area contributed by atoms with Crippen molar-refractivity contribution in [3.05, 3.63) is 65.7 Å². The van der Waals surface area contributed by atoms with Crippen molar-refractivity contribution in [2.45, 2.75) is 32.9 Å². The molecule has 1 aliphatic heterocycles. The zero-order valence-electron chi connectivity index (χ0n) is 18.1. The van der Waals surface area contributed by atoms with E-state index in [1.54, 1.807) is 0 Å². The zero-order chi connectivity index (χ0) is 21.5. The van der Waals surface area contributed by atoms with Gasteiger partial charge >= 0.3 is 0 Å². The van der Waals surface area contributed by atoms with Crippen LogP contribution in [0, 0.1) is 6.92 Å². The lowest BCUT2D eigenvalue weighted by Gasteiger charge is -2.37. The highest BCUT2D eigenvalue weighted by molar-refractivity contribution is 5.92. The van der Waals surface area contributed by atoms with Gasteiger partial charge in [0, 0.05) is 31.9 Å². The van der Waals surface area contributed by atoms with Gasteiger partial charge in [-0.1, -0.05) is 48.0 Å². The molecule has 0 spiro atoms. The molecule has 0 aromatic heterocycles. The molecule has 2 amide bonds. The van der Waals surface area contributed by atoms with E-state index in [0.717, 1.165) is 37.4 Å². The van der Waals surface area contributed by atoms with E-state index in [1.807, 2.05) is 75.4 Å². The van der Waals surface area contributed by atoms with E-state index < -0.39 is 0 Å². The summed E-state index contributed by atoms with van der Waals surface area (Å²) in [5.41, 5.74) is 3.09. The van der Waals surface area contributed by atoms with Gasteiger partial charge in [0.05, 0.1) is 18.6 Å². The standard InChI is InChI=1S/C24H32N4O2/c1-18-9-11-22(12-10-18)26-23(29)17-27-13-15-28(16-14-27)20(3)24(30)25-19(2)21-7-5-4-6-8-21/h4-12,19-20H,13-17H2,1-3H3,(H,25,30)(H,26,29)/t19-,20-/m1/s1. The molecule has 1 fully saturated rings. The number of piperazine rings is 1. The third-order valence-corrected chi connectivity index (χ3v) is 5.69. The first-order valence-corrected chi connectivity index (χ1v) is 10.6. The van der Waals surface area contributed by atoms with Gasteiger partial charge in [0.2, 0.25) is 11.8 Å². The maximum absolute atomic E-state index is 12.7. The van der Waals surface area contributed by atoms with E-state index in [1.165, 1.54) is 5.56 Å². The Labute approximate surface area is 179 Å². The average molecular weight is 409 g/mol. The molecule has 2 N–H and O–H groups in total. The predicted octanol–water partition coefficient (Wildman–Crippen LogP) is 2.82. The molecule has 6 heteroatoms. The van der Waals surface area contributed by atoms with Crippen molar-refractivity contribution < 1.29 is 9.59 Å². The normalized spacial score (nSPS) is 17.2. The van der Waals surface area contributed by atoms with Gasteiger partial charge in [-0.3, -0.25) is 19.4 Å². The van der Waals surface area contributed by atoms with Crippen LogP contribution in [0.25, 0.3) is 0 Å². The summed E-state index contributed by atoms with van der Waals surface area (Å²) < 4.78 is 0. The number of aryl methyl sites for hydroxylation is 1. The van der Waals surface area contributed by atoms with Crippen LogP contribution in [0.2, 0.25) is 0 Å². The summed E-state index contributed by atoms with van der Waals surface area (Å²) in [5.74, 6) is 0.0340. The fourth-order valence-electron chi connectivity index (χ4n) is 3.67. The van der Waals surface area contributed by atoms with E-state index in [4.69, 9.17) is 0 Å². The Morgan fingerprint density at radius 3 is 2.20 bits per heavy atom. The first kappa shape index (κ1) is 22.0. The molecule has 2 aromatic rings. The quantitative estimate of drug-likeness (QED) is 0.740. The molecule has 160 valence electrons. The molecule has 1 heterocycles. The first-order valence-electron chi connectivity index (χ1n) is 10.6. The maximum Gasteiger partial charge on any atom is 0.238 e. The molecule has 0 bridgehead atoms. The number of carbonyl (C=O) groups excluding carboxylic acids is 2. The highest BCUT2D eigenvalue weighted by atomic mass is 16.2. The Morgan fingerprint density at radius 1 is 0.933 bits per heavy atom. The number of nitrogens with zero attached hydrogens (tertiary/aromatic N) is 2. The SMILES string of the molecule is Cc1ccc(NC(=O)CN2CCN([C@H](C)C(=O)N[C@H](C)c3ccccc3)CC2)cc1. The van der Waals surface area contributed by atoms with Crippen molar-refractivity contribution in [3.63, 3.8) is 0 Å². The summed E-state index contributed by atoms with van der Waals surface area (Å²) in [6.45, 7) is 9.43. The molecule has 2 atom stereocenters. The summed E-state index contributed by atoms with van der Waals surface area (Å²) in [7, 11) is 0. The van der Waals surface area contributed by atoms with Crippen LogP contribution in [0.15, 0.2) is 54.6 Å². The van der Waals surface area contributed by atoms with Crippen LogP contribution in [-0.2, 0) is 9.59 Å². The van der Waals surface area contributed by atoms with E-state index >= 15 is 0 Å². The Kier molecular flexibility index (Phi) is 7.60. The summed E-state index contributed by atoms with van der Waals surface area (Å²) in [6, 6.07) is 17.6. The lowest BCUT2D eigenvalue weighted by molar-refractivity contribution is -0.127. The number of carbonyl (C=O) groups is 2. The van der Waals surface area contributed by atoms with E-state index in [2.05, 4.69) is 20.4 Å². The number of benzene rings is 2. The smallest absolute Gasteiger partial charge is 0.238 e. The fourth-order valence-corrected chi connectivity index (χ4v) is 3.67. The third-order valence-electron chi connectivity index (χ3n) is 5.69. The van der Waals surface area contributed by atoms with Crippen LogP contribution >= 0.6 is 0 Å². The van der Waals surface area contributed by atoms with Crippen molar-refractivity contribution >= 4 is 17.5 Å². The van der Waals surface area contributed by atoms with Gasteiger partial charge in [-0.2, -0.15) is 0 Å². The topological polar surface area (TPSA) is 64.7 Å². The van der Waals surface area contributed by atoms with Gasteiger partial charge in [0.25, 0.3) is 0 Å². The zero-order valence-corrected chi connectivity index (χ0v) is 18.1. The van der Waals surface area contributed by atoms with Gasteiger partial charge in [-0.25, -0.2) is 0 Å². The number of anilines is 1. The minimum Gasteiger partial charge on any atom is -0.348 e. The number of amides is 2. The van der Waals surface area contributed by atoms with Crippen molar-refractivity contribution in [2.75, 3.05) is 38.0 Å². The molecule has 0 saturated carbocycles. The average Bonchev–Trinajstić information content (AvgIpc) is 2.76. The molecular weight excluding hydrogens is 376 g/mol. The maximum atomic E-state index is 12.7. The molecule has 3 rings (SSSR count). The third kappa shape index (κ3) is 6.15. The van der Waals surface area contributed by atoms with Crippen molar-refractivity contribution in [2.24, 2.45) is 0 Å². The highest BCUT2D eigenvalue weighted by Crippen LogP contribution is 2.13. The number of hydrogen-bond donors (Lipinski definition) is 2. The number of hydrogen-bond acceptors (Lipinski definition) is 4. The molecule has 2 aromatic carbocycles. The Hall–Kier alpha value is -2.70. The lowest BCUT2D eigenvalue weighted by Crippen LogP contribution is -2.55. The molecule has 0 unspecified atom stereocenters. The fraction of sp³-hybridized carbons (Fsp3) is 0.417. The molecule has 6 nitrogen and oxygen atoms in total. The minimum atomic E-state index is -0.195. The molecule has 1 saturated heterocycles. The van der Waals surface area contributed by atoms with E-state index in [0.29, 0.717) is 6.54 Å². The van der Waals surface area contributed by atoms with Crippen LogP contribution < -0.4 is 10.6 Å². The highest BCUT2D eigenvalue weighted by Gasteiger charge is 2.27. The molecule has 0 radical (unpaired) electrons. The monoisotopic (exact) mass is 408 g/mol. The molecule has 30 heavy (non-hydrogen) atoms. The Morgan fingerprint density at radius 2 is 1.57 bits per heavy atom. The predicted molar refractivity (Wildman–Crippen MR) is 120 cm³/mol. The lowest BCUT2D eigenvalue weighted by atomic mass is 10.1. The van der Waals surface area contributed by atoms with E-state index in [-0.39, 0.29) is 23.9 Å². The Balaban J connectivity index is 1.42. The van der Waals surface area contributed by atoms with Crippen LogP contribution in [-0.4, -0.2) is 60.4 Å². The van der Waals surface area contributed by atoms with Crippen LogP contribution in [0.4, 0.5) is 5.69 Å². The summed E-state index contributed by atoms with van der Waals surface area (Å²) >= 11 is 0. The van der Waals surface area contributed by atoms with E-state index in [9.17, 15) is 9.59 Å². The first-order chi connectivity index (χ1) is 14.4. The van der Waals surface area contributed by atoms with Crippen molar-refractivity contribution in [3.8, 4) is 0 Å². The van der Waals surface area contributed by atoms with Gasteiger partial charge < -0.3 is 10.6 Å². The summed E-state index contributed by atoms with van der Waals surface area (Å²) in [5, 5.41) is 6.06. The number of nitrogens with one attached hydrogen (secondary N) is 2. The van der Waals surface area contributed by atoms with Crippen molar-refractivity contribution in [1.29, 1.82) is 0 Å². The van der Waals surface area contributed by atoms with Crippen LogP contribution in [0.5, 0.6) is 0 Å². The van der Waals surface area contributed by atoms with Gasteiger partial charge in [-0.15, -0.1) is 0 Å². The molecule has 0 aliphatic carbocycles. The minimum absolute atomic E-state index is 0.00483. The van der Waals surface area contributed by atoms with Gasteiger partial charge in [-0.05, 0) is 38.5 Å². The second-order valence-corrected chi connectivity index (χ2v) is 8.04. The van der Waals surface area contributed by atoms with Gasteiger partial charge in [0.15, 0.2) is 0 Å². The number of rotatable bonds is 7. The second kappa shape index (κ2) is 10.4. The van der Waals surface area contributed by atoms with Crippen molar-refractivity contribution in [1.82, 2.24) is 15.1 Å². The second-order valence-electron chi connectivity index (χ2n) is 8.04. The van der Waals surface area contributed by atoms with Crippen LogP contribution in [0.1, 0.15) is 31.0 Å². The molecule has 1 aliphatic rings. The largest absolute Gasteiger partial charge is 0.348 e. The van der Waals surface area contributed by atoms with Gasteiger partial charge in [0.1, 0.15) is 0 Å².